The zero-order chi connectivity index (χ0) is 22.6. The first-order valence-electron chi connectivity index (χ1n) is 12.3. The quantitative estimate of drug-likeness (QED) is 0.238. The largest absolute Gasteiger partial charge is 0.480 e. The minimum absolute atomic E-state index is 0.0332. The number of unbranched alkanes of at least 4 members (excludes halogenated alkanes) is 12. The van der Waals surface area contributed by atoms with Crippen LogP contribution >= 0.6 is 0 Å². The summed E-state index contributed by atoms with van der Waals surface area (Å²) in [5.41, 5.74) is 0.977. The van der Waals surface area contributed by atoms with Gasteiger partial charge in [-0.05, 0) is 12.0 Å². The lowest BCUT2D eigenvalue weighted by Crippen LogP contribution is -2.43. The van der Waals surface area contributed by atoms with Crippen LogP contribution in [0.3, 0.4) is 0 Å². The Kier molecular flexibility index (Phi) is 16.5. The van der Waals surface area contributed by atoms with Gasteiger partial charge in [0.1, 0.15) is 0 Å². The van der Waals surface area contributed by atoms with Crippen LogP contribution in [0, 0.1) is 0 Å². The van der Waals surface area contributed by atoms with Crippen molar-refractivity contribution in [3.63, 3.8) is 0 Å². The number of benzene rings is 1. The molecule has 1 atom stereocenters. The molecule has 0 aromatic heterocycles. The number of ether oxygens (including phenoxy) is 1. The number of carboxylic acid groups (broad SMARTS) is 1. The molecule has 0 radical (unpaired) electrons. The molecule has 5 heteroatoms. The molecule has 0 heterocycles. The maximum Gasteiger partial charge on any atom is 0.328 e. The summed E-state index contributed by atoms with van der Waals surface area (Å²) in [6.45, 7) is 2.55. The monoisotopic (exact) mass is 433 g/mol. The molecule has 0 fully saturated rings. The molecule has 0 unspecified atom stereocenters. The van der Waals surface area contributed by atoms with Crippen molar-refractivity contribution in [1.29, 1.82) is 0 Å². The second-order valence-electron chi connectivity index (χ2n) is 8.45. The zero-order valence-corrected chi connectivity index (χ0v) is 19.4. The molecular weight excluding hydrogens is 390 g/mol. The number of hydrogen-bond donors (Lipinski definition) is 2. The maximum atomic E-state index is 12.1. The third kappa shape index (κ3) is 15.6. The lowest BCUT2D eigenvalue weighted by atomic mass is 10.0. The van der Waals surface area contributed by atoms with Gasteiger partial charge in [0.2, 0.25) is 5.91 Å². The molecule has 0 spiro atoms. The highest BCUT2D eigenvalue weighted by Crippen LogP contribution is 2.13. The molecule has 31 heavy (non-hydrogen) atoms. The van der Waals surface area contributed by atoms with Crippen molar-refractivity contribution in [2.45, 2.75) is 109 Å². The molecule has 1 amide bonds. The van der Waals surface area contributed by atoms with Gasteiger partial charge in [-0.2, -0.15) is 0 Å². The van der Waals surface area contributed by atoms with Gasteiger partial charge in [-0.25, -0.2) is 4.79 Å². The lowest BCUT2D eigenvalue weighted by molar-refractivity contribution is -0.143. The first-order valence-corrected chi connectivity index (χ1v) is 12.3. The smallest absolute Gasteiger partial charge is 0.328 e. The van der Waals surface area contributed by atoms with E-state index < -0.39 is 12.0 Å². The van der Waals surface area contributed by atoms with Crippen molar-refractivity contribution < 1.29 is 19.4 Å². The number of carbonyl (C=O) groups excluding carboxylic acids is 1. The molecule has 0 bridgehead atoms. The summed E-state index contributed by atoms with van der Waals surface area (Å²) in [5, 5.41) is 11.9. The van der Waals surface area contributed by atoms with E-state index in [1.54, 1.807) is 0 Å². The Morgan fingerprint density at radius 2 is 1.35 bits per heavy atom. The first-order chi connectivity index (χ1) is 15.1. The zero-order valence-electron chi connectivity index (χ0n) is 19.4. The van der Waals surface area contributed by atoms with Gasteiger partial charge in [0.15, 0.2) is 6.04 Å². The molecule has 0 aliphatic carbocycles. The van der Waals surface area contributed by atoms with Gasteiger partial charge in [-0.15, -0.1) is 0 Å². The summed E-state index contributed by atoms with van der Waals surface area (Å²) >= 11 is 0. The minimum atomic E-state index is -1.06. The van der Waals surface area contributed by atoms with E-state index in [-0.39, 0.29) is 12.5 Å². The highest BCUT2D eigenvalue weighted by molar-refractivity contribution is 5.83. The van der Waals surface area contributed by atoms with Crippen molar-refractivity contribution in [3.8, 4) is 0 Å². The average Bonchev–Trinajstić information content (AvgIpc) is 2.77. The number of aliphatic carboxylic acids is 1. The highest BCUT2D eigenvalue weighted by atomic mass is 16.5. The summed E-state index contributed by atoms with van der Waals surface area (Å²) in [6, 6.07) is 8.57. The van der Waals surface area contributed by atoms with Crippen LogP contribution in [-0.4, -0.2) is 29.6 Å². The van der Waals surface area contributed by atoms with E-state index in [0.717, 1.165) is 24.8 Å². The molecular formula is C26H43NO4. The van der Waals surface area contributed by atoms with E-state index >= 15 is 0 Å². The van der Waals surface area contributed by atoms with Gasteiger partial charge in [0.25, 0.3) is 0 Å². The fourth-order valence-electron chi connectivity index (χ4n) is 3.61. The second-order valence-corrected chi connectivity index (χ2v) is 8.45. The third-order valence-corrected chi connectivity index (χ3v) is 5.54. The van der Waals surface area contributed by atoms with Crippen molar-refractivity contribution in [2.75, 3.05) is 6.61 Å². The topological polar surface area (TPSA) is 75.6 Å². The van der Waals surface area contributed by atoms with E-state index in [1.165, 1.54) is 64.2 Å². The van der Waals surface area contributed by atoms with Gasteiger partial charge in [0.05, 0.1) is 13.2 Å². The normalized spacial score (nSPS) is 11.9. The summed E-state index contributed by atoms with van der Waals surface area (Å²) in [6.07, 6.45) is 16.7. The molecule has 0 aliphatic heterocycles. The molecule has 1 rings (SSSR count). The van der Waals surface area contributed by atoms with Crippen LogP contribution in [0.5, 0.6) is 0 Å². The number of rotatable bonds is 20. The maximum absolute atomic E-state index is 12.1. The van der Waals surface area contributed by atoms with E-state index in [9.17, 15) is 14.7 Å². The molecule has 0 saturated carbocycles. The molecule has 1 aromatic rings. The Hall–Kier alpha value is -1.88. The number of carbonyl (C=O) groups is 2. The van der Waals surface area contributed by atoms with Crippen LogP contribution in [0.2, 0.25) is 0 Å². The standard InChI is InChI=1S/C26H43NO4/c1-2-3-4-5-6-7-8-9-10-11-12-13-17-20-25(28)27-24(26(29)30)22-31-21-23-18-15-14-16-19-23/h14-16,18-19,24H,2-13,17,20-22H2,1H3,(H,27,28)(H,29,30)/t24-/m0/s1. The van der Waals surface area contributed by atoms with Crippen molar-refractivity contribution in [1.82, 2.24) is 5.32 Å². The molecule has 2 N–H and O–H groups in total. The number of nitrogens with one attached hydrogen (secondary N) is 1. The Morgan fingerprint density at radius 1 is 0.839 bits per heavy atom. The average molecular weight is 434 g/mol. The van der Waals surface area contributed by atoms with Gasteiger partial charge in [-0.1, -0.05) is 114 Å². The molecule has 176 valence electrons. The van der Waals surface area contributed by atoms with Crippen LogP contribution in [0.4, 0.5) is 0 Å². The van der Waals surface area contributed by atoms with E-state index in [0.29, 0.717) is 13.0 Å². The van der Waals surface area contributed by atoms with Crippen LogP contribution < -0.4 is 5.32 Å². The number of amides is 1. The molecule has 0 saturated heterocycles. The van der Waals surface area contributed by atoms with Crippen LogP contribution in [0.15, 0.2) is 30.3 Å². The van der Waals surface area contributed by atoms with Gasteiger partial charge in [-0.3, -0.25) is 4.79 Å². The predicted molar refractivity (Wildman–Crippen MR) is 126 cm³/mol. The molecule has 1 aromatic carbocycles. The highest BCUT2D eigenvalue weighted by Gasteiger charge is 2.19. The Labute approximate surface area is 189 Å². The number of carboxylic acids is 1. The fraction of sp³-hybridized carbons (Fsp3) is 0.692. The Bertz CT molecular complexity index is 576. The Morgan fingerprint density at radius 3 is 1.87 bits per heavy atom. The summed E-state index contributed by atoms with van der Waals surface area (Å²) in [5.74, 6) is -1.27. The Balaban J connectivity index is 1.99. The van der Waals surface area contributed by atoms with Crippen molar-refractivity contribution in [3.05, 3.63) is 35.9 Å². The van der Waals surface area contributed by atoms with Gasteiger partial charge < -0.3 is 15.2 Å². The second kappa shape index (κ2) is 18.9. The van der Waals surface area contributed by atoms with E-state index in [1.807, 2.05) is 30.3 Å². The fourth-order valence-corrected chi connectivity index (χ4v) is 3.61. The van der Waals surface area contributed by atoms with Gasteiger partial charge in [0, 0.05) is 6.42 Å². The van der Waals surface area contributed by atoms with Gasteiger partial charge >= 0.3 is 5.97 Å². The summed E-state index contributed by atoms with van der Waals surface area (Å²) in [7, 11) is 0. The van der Waals surface area contributed by atoms with Crippen LogP contribution in [-0.2, 0) is 20.9 Å². The van der Waals surface area contributed by atoms with Crippen LogP contribution in [0.25, 0.3) is 0 Å². The molecule has 0 aliphatic rings. The first kappa shape index (κ1) is 27.2. The predicted octanol–water partition coefficient (Wildman–Crippen LogP) is 6.25. The lowest BCUT2D eigenvalue weighted by Gasteiger charge is -2.15. The van der Waals surface area contributed by atoms with Crippen LogP contribution in [0.1, 0.15) is 102 Å². The summed E-state index contributed by atoms with van der Waals surface area (Å²) < 4.78 is 5.47. The SMILES string of the molecule is CCCCCCCCCCCCCCCC(=O)N[C@@H](COCc1ccccc1)C(=O)O. The van der Waals surface area contributed by atoms with E-state index in [4.69, 9.17) is 4.74 Å². The minimum Gasteiger partial charge on any atom is -0.480 e. The summed E-state index contributed by atoms with van der Waals surface area (Å²) in [4.78, 5) is 23.4. The van der Waals surface area contributed by atoms with Crippen molar-refractivity contribution >= 4 is 11.9 Å². The van der Waals surface area contributed by atoms with Crippen molar-refractivity contribution in [2.24, 2.45) is 0 Å². The molecule has 5 nitrogen and oxygen atoms in total. The third-order valence-electron chi connectivity index (χ3n) is 5.54. The van der Waals surface area contributed by atoms with E-state index in [2.05, 4.69) is 12.2 Å². The number of hydrogen-bond acceptors (Lipinski definition) is 3.